The largest absolute Gasteiger partial charge is 0.366 e. The van der Waals surface area contributed by atoms with E-state index in [2.05, 4.69) is 23.8 Å². The van der Waals surface area contributed by atoms with E-state index >= 15 is 0 Å². The molecule has 3 N–H and O–H groups in total. The molecular formula is C23H30N4O3. The van der Waals surface area contributed by atoms with Gasteiger partial charge >= 0.3 is 11.8 Å². The number of nitrogens with two attached hydrogens (primary N) is 1. The second-order valence-electron chi connectivity index (χ2n) is 8.12. The fourth-order valence-corrected chi connectivity index (χ4v) is 3.61. The van der Waals surface area contributed by atoms with Gasteiger partial charge in [0, 0.05) is 12.7 Å². The van der Waals surface area contributed by atoms with Crippen LogP contribution in [-0.2, 0) is 9.59 Å². The van der Waals surface area contributed by atoms with Crippen LogP contribution in [0.1, 0.15) is 50.9 Å². The minimum absolute atomic E-state index is 0.151. The highest BCUT2D eigenvalue weighted by atomic mass is 16.2. The third kappa shape index (κ3) is 6.14. The van der Waals surface area contributed by atoms with Crippen LogP contribution in [0, 0.1) is 5.92 Å². The predicted octanol–water partition coefficient (Wildman–Crippen LogP) is 3.21. The maximum Gasteiger partial charge on any atom is 0.313 e. The van der Waals surface area contributed by atoms with Gasteiger partial charge in [-0.3, -0.25) is 19.4 Å². The third-order valence-corrected chi connectivity index (χ3v) is 4.91. The Morgan fingerprint density at radius 1 is 1.20 bits per heavy atom. The molecule has 1 aliphatic heterocycles. The summed E-state index contributed by atoms with van der Waals surface area (Å²) in [5.74, 6) is -1.79. The minimum Gasteiger partial charge on any atom is -0.366 e. The molecule has 30 heavy (non-hydrogen) atoms. The third-order valence-electron chi connectivity index (χ3n) is 4.91. The minimum atomic E-state index is -0.782. The highest BCUT2D eigenvalue weighted by Crippen LogP contribution is 2.27. The van der Waals surface area contributed by atoms with Gasteiger partial charge in [-0.25, -0.2) is 0 Å². The Kier molecular flexibility index (Phi) is 7.69. The second-order valence-corrected chi connectivity index (χ2v) is 8.12. The Morgan fingerprint density at radius 3 is 2.53 bits per heavy atom. The first-order chi connectivity index (χ1) is 14.1. The molecule has 3 amide bonds. The van der Waals surface area contributed by atoms with Gasteiger partial charge in [-0.05, 0) is 51.2 Å². The Bertz CT molecular complexity index is 913. The predicted molar refractivity (Wildman–Crippen MR) is 118 cm³/mol. The molecule has 0 aliphatic carbocycles. The van der Waals surface area contributed by atoms with Crippen molar-refractivity contribution in [2.75, 3.05) is 11.9 Å². The zero-order valence-electron chi connectivity index (χ0n) is 18.1. The van der Waals surface area contributed by atoms with Crippen molar-refractivity contribution >= 4 is 23.4 Å². The van der Waals surface area contributed by atoms with Crippen LogP contribution in [0.2, 0.25) is 0 Å². The topological polar surface area (TPSA) is 105 Å². The molecule has 7 nitrogen and oxygen atoms in total. The van der Waals surface area contributed by atoms with Crippen molar-refractivity contribution in [2.24, 2.45) is 11.7 Å². The summed E-state index contributed by atoms with van der Waals surface area (Å²) >= 11 is 0. The van der Waals surface area contributed by atoms with Gasteiger partial charge in [0.2, 0.25) is 5.91 Å². The first kappa shape index (κ1) is 23.1. The van der Waals surface area contributed by atoms with E-state index in [4.69, 9.17) is 5.73 Å². The molecular weight excluding hydrogens is 380 g/mol. The summed E-state index contributed by atoms with van der Waals surface area (Å²) < 4.78 is 0. The normalized spacial score (nSPS) is 19.1. The van der Waals surface area contributed by atoms with Gasteiger partial charge in [0.15, 0.2) is 0 Å². The summed E-state index contributed by atoms with van der Waals surface area (Å²) in [5.41, 5.74) is 8.65. The van der Waals surface area contributed by atoms with Crippen molar-refractivity contribution in [1.82, 2.24) is 9.88 Å². The summed E-state index contributed by atoms with van der Waals surface area (Å²) in [5, 5.41) is 2.52. The Hall–Kier alpha value is -3.22. The molecule has 0 radical (unpaired) electrons. The number of rotatable bonds is 5. The second kappa shape index (κ2) is 10.0. The van der Waals surface area contributed by atoms with Crippen LogP contribution in [0.25, 0.3) is 0 Å². The van der Waals surface area contributed by atoms with Gasteiger partial charge in [-0.2, -0.15) is 0 Å². The molecule has 1 aromatic heterocycles. The number of piperidine rings is 1. The highest BCUT2D eigenvalue weighted by molar-refractivity contribution is 6.39. The molecule has 2 heterocycles. The standard InChI is InChI=1S/C23H30N4O3/c1-14(2)8-16(4)9-17(5)20-7-6-15(3)13-27(20)23(30)22(29)26-19-10-18(21(24)28)11-25-12-19/h8-12,15,20H,5-7,13H2,1-4H3,(H2,24,28)(H,26,29)/b16-9-/t15-,20+/m1/s1. The molecule has 0 saturated carbocycles. The summed E-state index contributed by atoms with van der Waals surface area (Å²) in [6.45, 7) is 12.7. The SMILES string of the molecule is C=C(/C=C(/C)C=C(C)C)[C@@H]1CC[C@@H](C)CN1C(=O)C(=O)Nc1cncc(C(N)=O)c1. The van der Waals surface area contributed by atoms with Crippen LogP contribution in [0.4, 0.5) is 5.69 Å². The molecule has 2 atom stereocenters. The van der Waals surface area contributed by atoms with Crippen LogP contribution < -0.4 is 11.1 Å². The number of amides is 3. The van der Waals surface area contributed by atoms with Gasteiger partial charge in [-0.1, -0.05) is 36.8 Å². The number of aromatic nitrogens is 1. The summed E-state index contributed by atoms with van der Waals surface area (Å²) in [7, 11) is 0. The number of hydrogen-bond donors (Lipinski definition) is 2. The van der Waals surface area contributed by atoms with Crippen molar-refractivity contribution in [2.45, 2.75) is 46.6 Å². The molecule has 0 bridgehead atoms. The van der Waals surface area contributed by atoms with Gasteiger partial charge in [-0.15, -0.1) is 0 Å². The van der Waals surface area contributed by atoms with Crippen molar-refractivity contribution in [3.05, 3.63) is 59.5 Å². The smallest absolute Gasteiger partial charge is 0.313 e. The Labute approximate surface area is 177 Å². The lowest BCUT2D eigenvalue weighted by molar-refractivity contribution is -0.145. The first-order valence-corrected chi connectivity index (χ1v) is 9.97. The van der Waals surface area contributed by atoms with E-state index in [9.17, 15) is 14.4 Å². The van der Waals surface area contributed by atoms with Crippen molar-refractivity contribution in [1.29, 1.82) is 0 Å². The molecule has 0 aromatic carbocycles. The summed E-state index contributed by atoms with van der Waals surface area (Å²) in [6.07, 6.45) is 8.37. The van der Waals surface area contributed by atoms with Crippen LogP contribution >= 0.6 is 0 Å². The number of carbonyl (C=O) groups is 3. The number of primary amides is 1. The van der Waals surface area contributed by atoms with Gasteiger partial charge in [0.1, 0.15) is 0 Å². The van der Waals surface area contributed by atoms with E-state index in [1.165, 1.54) is 24.0 Å². The molecule has 160 valence electrons. The highest BCUT2D eigenvalue weighted by Gasteiger charge is 2.34. The van der Waals surface area contributed by atoms with E-state index in [0.717, 1.165) is 24.0 Å². The van der Waals surface area contributed by atoms with Crippen LogP contribution in [0.15, 0.2) is 53.9 Å². The number of anilines is 1. The Balaban J connectivity index is 2.20. The average Bonchev–Trinajstić information content (AvgIpc) is 2.66. The number of carbonyl (C=O) groups excluding carboxylic acids is 3. The van der Waals surface area contributed by atoms with E-state index in [0.29, 0.717) is 6.54 Å². The maximum absolute atomic E-state index is 13.0. The van der Waals surface area contributed by atoms with Crippen molar-refractivity contribution in [3.63, 3.8) is 0 Å². The molecule has 1 fully saturated rings. The van der Waals surface area contributed by atoms with Gasteiger partial charge in [0.25, 0.3) is 0 Å². The zero-order chi connectivity index (χ0) is 22.4. The molecule has 0 unspecified atom stereocenters. The first-order valence-electron chi connectivity index (χ1n) is 9.97. The van der Waals surface area contributed by atoms with Gasteiger partial charge < -0.3 is 16.0 Å². The maximum atomic E-state index is 13.0. The van der Waals surface area contributed by atoms with Crippen LogP contribution in [-0.4, -0.2) is 40.2 Å². The van der Waals surface area contributed by atoms with E-state index in [-0.39, 0.29) is 23.2 Å². The fraction of sp³-hybridized carbons (Fsp3) is 0.391. The molecule has 7 heteroatoms. The number of pyridine rings is 1. The number of nitrogens with one attached hydrogen (secondary N) is 1. The number of hydrogen-bond acceptors (Lipinski definition) is 4. The molecule has 1 aliphatic rings. The lowest BCUT2D eigenvalue weighted by Crippen LogP contribution is -2.50. The molecule has 1 saturated heterocycles. The molecule has 1 aromatic rings. The zero-order valence-corrected chi connectivity index (χ0v) is 18.1. The number of likely N-dealkylation sites (tertiary alicyclic amines) is 1. The van der Waals surface area contributed by atoms with E-state index in [1.54, 1.807) is 4.90 Å². The summed E-state index contributed by atoms with van der Waals surface area (Å²) in [4.78, 5) is 42.4. The average molecular weight is 411 g/mol. The lowest BCUT2D eigenvalue weighted by Gasteiger charge is -2.38. The van der Waals surface area contributed by atoms with Gasteiger partial charge in [0.05, 0.1) is 23.5 Å². The molecule has 0 spiro atoms. The number of allylic oxidation sites excluding steroid dienone is 3. The molecule has 2 rings (SSSR count). The quantitative estimate of drug-likeness (QED) is 0.574. The van der Waals surface area contributed by atoms with Crippen molar-refractivity contribution in [3.8, 4) is 0 Å². The van der Waals surface area contributed by atoms with E-state index < -0.39 is 17.7 Å². The lowest BCUT2D eigenvalue weighted by atomic mass is 9.89. The van der Waals surface area contributed by atoms with Crippen molar-refractivity contribution < 1.29 is 14.4 Å². The number of nitrogens with zero attached hydrogens (tertiary/aromatic N) is 2. The fourth-order valence-electron chi connectivity index (χ4n) is 3.61. The van der Waals surface area contributed by atoms with E-state index in [1.807, 2.05) is 32.9 Å². The summed E-state index contributed by atoms with van der Waals surface area (Å²) in [6, 6.07) is 1.15. The monoisotopic (exact) mass is 410 g/mol. The van der Waals surface area contributed by atoms with Crippen LogP contribution in [0.5, 0.6) is 0 Å². The van der Waals surface area contributed by atoms with Crippen LogP contribution in [0.3, 0.4) is 0 Å². The Morgan fingerprint density at radius 2 is 1.90 bits per heavy atom.